The van der Waals surface area contributed by atoms with Crippen molar-refractivity contribution in [1.82, 2.24) is 0 Å². The summed E-state index contributed by atoms with van der Waals surface area (Å²) in [4.78, 5) is 0. The smallest absolute Gasteiger partial charge is 0.0365 e. The Kier molecular flexibility index (Phi) is 7.48. The largest absolute Gasteiger partial charge is 0.0680 e. The highest BCUT2D eigenvalue weighted by atomic mass is 28.3. The topological polar surface area (TPSA) is 0 Å². The Morgan fingerprint density at radius 1 is 0.900 bits per heavy atom. The molecule has 0 fully saturated rings. The molecule has 0 aliphatic rings. The standard InChI is InChI=1S/C9H22Si/c1-4-7-9-10(6-3)8-5-2/h10H,4-9H2,1-3H3. The first-order valence-corrected chi connectivity index (χ1v) is 7.30. The summed E-state index contributed by atoms with van der Waals surface area (Å²) in [5.41, 5.74) is 0. The van der Waals surface area contributed by atoms with E-state index in [1.165, 1.54) is 25.3 Å². The van der Waals surface area contributed by atoms with Crippen LogP contribution in [0, 0.1) is 0 Å². The number of hydrogen-bond acceptors (Lipinski definition) is 0. The van der Waals surface area contributed by atoms with Gasteiger partial charge in [-0.05, 0) is 0 Å². The molecule has 0 rings (SSSR count). The van der Waals surface area contributed by atoms with Gasteiger partial charge in [0, 0.05) is 8.80 Å². The fourth-order valence-corrected chi connectivity index (χ4v) is 4.36. The molecule has 0 heterocycles. The second-order valence-corrected chi connectivity index (χ2v) is 6.91. The van der Waals surface area contributed by atoms with Crippen LogP contribution in [0.2, 0.25) is 18.1 Å². The fourth-order valence-electron chi connectivity index (χ4n) is 1.45. The molecule has 0 aromatic carbocycles. The van der Waals surface area contributed by atoms with E-state index in [9.17, 15) is 0 Å². The van der Waals surface area contributed by atoms with Crippen molar-refractivity contribution >= 4 is 8.80 Å². The maximum atomic E-state index is 2.38. The van der Waals surface area contributed by atoms with Gasteiger partial charge in [-0.2, -0.15) is 0 Å². The third kappa shape index (κ3) is 5.04. The van der Waals surface area contributed by atoms with Crippen molar-refractivity contribution in [3.63, 3.8) is 0 Å². The summed E-state index contributed by atoms with van der Waals surface area (Å²) in [7, 11) is -0.231. The van der Waals surface area contributed by atoms with Crippen LogP contribution in [0.15, 0.2) is 0 Å². The Morgan fingerprint density at radius 2 is 1.60 bits per heavy atom. The van der Waals surface area contributed by atoms with Crippen molar-refractivity contribution in [3.05, 3.63) is 0 Å². The van der Waals surface area contributed by atoms with Gasteiger partial charge in [-0.1, -0.05) is 58.2 Å². The Bertz CT molecular complexity index is 61.7. The van der Waals surface area contributed by atoms with Gasteiger partial charge in [-0.15, -0.1) is 0 Å². The second-order valence-electron chi connectivity index (χ2n) is 3.21. The van der Waals surface area contributed by atoms with Gasteiger partial charge >= 0.3 is 0 Å². The molecule has 62 valence electrons. The Morgan fingerprint density at radius 3 is 2.00 bits per heavy atom. The first-order chi connectivity index (χ1) is 4.85. The van der Waals surface area contributed by atoms with E-state index in [0.29, 0.717) is 0 Å². The lowest BCUT2D eigenvalue weighted by atomic mass is 10.4. The van der Waals surface area contributed by atoms with E-state index >= 15 is 0 Å². The van der Waals surface area contributed by atoms with Crippen molar-refractivity contribution in [2.24, 2.45) is 0 Å². The van der Waals surface area contributed by atoms with Crippen LogP contribution < -0.4 is 0 Å². The third-order valence-corrected chi connectivity index (χ3v) is 6.01. The lowest BCUT2D eigenvalue weighted by Gasteiger charge is -2.09. The van der Waals surface area contributed by atoms with Crippen LogP contribution in [0.3, 0.4) is 0 Å². The van der Waals surface area contributed by atoms with E-state index < -0.39 is 0 Å². The minimum absolute atomic E-state index is 0.231. The maximum absolute atomic E-state index is 2.38. The van der Waals surface area contributed by atoms with Gasteiger partial charge in [-0.3, -0.25) is 0 Å². The minimum atomic E-state index is -0.231. The molecule has 0 amide bonds. The summed E-state index contributed by atoms with van der Waals surface area (Å²) in [6, 6.07) is 4.70. The number of rotatable bonds is 6. The highest BCUT2D eigenvalue weighted by Gasteiger charge is 2.04. The third-order valence-electron chi connectivity index (χ3n) is 2.24. The van der Waals surface area contributed by atoms with E-state index in [4.69, 9.17) is 0 Å². The maximum Gasteiger partial charge on any atom is 0.0365 e. The second kappa shape index (κ2) is 7.33. The van der Waals surface area contributed by atoms with Gasteiger partial charge in [0.15, 0.2) is 0 Å². The Balaban J connectivity index is 3.21. The lowest BCUT2D eigenvalue weighted by Crippen LogP contribution is -2.08. The molecular weight excluding hydrogens is 136 g/mol. The molecule has 0 spiro atoms. The first-order valence-electron chi connectivity index (χ1n) is 4.85. The van der Waals surface area contributed by atoms with Gasteiger partial charge < -0.3 is 0 Å². The quantitative estimate of drug-likeness (QED) is 0.519. The Labute approximate surface area is 67.6 Å². The molecule has 1 atom stereocenters. The molecule has 0 nitrogen and oxygen atoms in total. The summed E-state index contributed by atoms with van der Waals surface area (Å²) in [6.45, 7) is 7.00. The van der Waals surface area contributed by atoms with Crippen LogP contribution in [0.1, 0.15) is 40.0 Å². The molecule has 0 bridgehead atoms. The zero-order chi connectivity index (χ0) is 7.82. The first kappa shape index (κ1) is 10.2. The zero-order valence-electron chi connectivity index (χ0n) is 7.82. The molecule has 1 heteroatoms. The zero-order valence-corrected chi connectivity index (χ0v) is 8.97. The van der Waals surface area contributed by atoms with E-state index in [1.54, 1.807) is 12.1 Å². The van der Waals surface area contributed by atoms with E-state index in [0.717, 1.165) is 0 Å². The van der Waals surface area contributed by atoms with Gasteiger partial charge in [0.2, 0.25) is 0 Å². The summed E-state index contributed by atoms with van der Waals surface area (Å²) in [6.07, 6.45) is 4.31. The number of unbranched alkanes of at least 4 members (excludes halogenated alkanes) is 1. The van der Waals surface area contributed by atoms with Gasteiger partial charge in [0.05, 0.1) is 0 Å². The molecule has 0 aromatic heterocycles. The van der Waals surface area contributed by atoms with E-state index in [-0.39, 0.29) is 8.80 Å². The number of hydrogen-bond donors (Lipinski definition) is 0. The van der Waals surface area contributed by atoms with Crippen molar-refractivity contribution in [3.8, 4) is 0 Å². The van der Waals surface area contributed by atoms with Crippen LogP contribution in [-0.2, 0) is 0 Å². The normalized spacial score (nSPS) is 13.5. The Hall–Kier alpha value is 0.217. The highest BCUT2D eigenvalue weighted by molar-refractivity contribution is 6.58. The molecule has 0 radical (unpaired) electrons. The van der Waals surface area contributed by atoms with Gasteiger partial charge in [0.1, 0.15) is 0 Å². The van der Waals surface area contributed by atoms with Gasteiger partial charge in [0.25, 0.3) is 0 Å². The predicted molar refractivity (Wildman–Crippen MR) is 52.4 cm³/mol. The molecule has 0 saturated carbocycles. The summed E-state index contributed by atoms with van der Waals surface area (Å²) < 4.78 is 0. The van der Waals surface area contributed by atoms with Crippen molar-refractivity contribution < 1.29 is 0 Å². The molecule has 0 aliphatic heterocycles. The SMILES string of the molecule is CCCC[SiH](CC)CCC. The van der Waals surface area contributed by atoms with E-state index in [1.807, 2.05) is 0 Å². The highest BCUT2D eigenvalue weighted by Crippen LogP contribution is 2.11. The van der Waals surface area contributed by atoms with Crippen molar-refractivity contribution in [2.75, 3.05) is 0 Å². The predicted octanol–water partition coefficient (Wildman–Crippen LogP) is 3.44. The van der Waals surface area contributed by atoms with Crippen LogP contribution in [-0.4, -0.2) is 8.80 Å². The summed E-state index contributed by atoms with van der Waals surface area (Å²) in [5.74, 6) is 0. The van der Waals surface area contributed by atoms with Crippen LogP contribution in [0.25, 0.3) is 0 Å². The fraction of sp³-hybridized carbons (Fsp3) is 1.00. The molecule has 10 heavy (non-hydrogen) atoms. The van der Waals surface area contributed by atoms with Crippen molar-refractivity contribution in [1.29, 1.82) is 0 Å². The van der Waals surface area contributed by atoms with Gasteiger partial charge in [-0.25, -0.2) is 0 Å². The molecule has 1 unspecified atom stereocenters. The molecule has 0 aromatic rings. The van der Waals surface area contributed by atoms with Crippen molar-refractivity contribution in [2.45, 2.75) is 58.2 Å². The summed E-state index contributed by atoms with van der Waals surface area (Å²) in [5, 5.41) is 0. The summed E-state index contributed by atoms with van der Waals surface area (Å²) >= 11 is 0. The lowest BCUT2D eigenvalue weighted by molar-refractivity contribution is 0.863. The monoisotopic (exact) mass is 158 g/mol. The van der Waals surface area contributed by atoms with Crippen LogP contribution in [0.5, 0.6) is 0 Å². The minimum Gasteiger partial charge on any atom is -0.0680 e. The molecule has 0 saturated heterocycles. The average molecular weight is 158 g/mol. The molecular formula is C9H22Si. The average Bonchev–Trinajstić information content (AvgIpc) is 1.98. The van der Waals surface area contributed by atoms with E-state index in [2.05, 4.69) is 20.8 Å². The molecule has 0 N–H and O–H groups in total. The van der Waals surface area contributed by atoms with Crippen LogP contribution >= 0.6 is 0 Å². The van der Waals surface area contributed by atoms with Crippen LogP contribution in [0.4, 0.5) is 0 Å². The molecule has 0 aliphatic carbocycles.